The number of piperidine rings is 1. The Morgan fingerprint density at radius 3 is 2.12 bits per heavy atom. The summed E-state index contributed by atoms with van der Waals surface area (Å²) in [7, 11) is -0.481. The number of nitrogens with zero attached hydrogens (tertiary/aromatic N) is 2. The molecule has 0 aliphatic carbocycles. The van der Waals surface area contributed by atoms with Gasteiger partial charge in [0.15, 0.2) is 0 Å². The molecule has 10 heteroatoms. The normalized spacial score (nSPS) is 19.8. The number of sulfonamides is 1. The molecular formula is C23H28F3N3O3S. The first-order valence-electron chi connectivity index (χ1n) is 10.6. The Balaban J connectivity index is 1.81. The highest BCUT2D eigenvalue weighted by atomic mass is 32.2. The van der Waals surface area contributed by atoms with Crippen LogP contribution in [0.4, 0.5) is 24.5 Å². The summed E-state index contributed by atoms with van der Waals surface area (Å²) >= 11 is 0. The summed E-state index contributed by atoms with van der Waals surface area (Å²) in [6, 6.07) is 8.88. The lowest BCUT2D eigenvalue weighted by molar-refractivity contribution is -0.136. The maximum Gasteiger partial charge on any atom is 0.418 e. The van der Waals surface area contributed by atoms with Crippen molar-refractivity contribution in [3.8, 4) is 0 Å². The Kier molecular flexibility index (Phi) is 7.09. The van der Waals surface area contributed by atoms with Crippen LogP contribution in [0.3, 0.4) is 0 Å². The number of alkyl halides is 3. The highest BCUT2D eigenvalue weighted by Crippen LogP contribution is 2.37. The molecule has 0 aromatic heterocycles. The van der Waals surface area contributed by atoms with Crippen molar-refractivity contribution in [3.63, 3.8) is 0 Å². The number of carbonyl (C=O) groups excluding carboxylic acids is 1. The first-order valence-corrected chi connectivity index (χ1v) is 12.0. The predicted octanol–water partition coefficient (Wildman–Crippen LogP) is 4.69. The van der Waals surface area contributed by atoms with E-state index in [4.69, 9.17) is 0 Å². The molecule has 1 aliphatic heterocycles. The van der Waals surface area contributed by atoms with Gasteiger partial charge >= 0.3 is 6.18 Å². The van der Waals surface area contributed by atoms with Gasteiger partial charge in [-0.1, -0.05) is 13.8 Å². The molecule has 2 aromatic carbocycles. The predicted molar refractivity (Wildman–Crippen MR) is 122 cm³/mol. The number of halogens is 3. The van der Waals surface area contributed by atoms with Crippen LogP contribution in [0.5, 0.6) is 0 Å². The van der Waals surface area contributed by atoms with Crippen molar-refractivity contribution in [1.29, 1.82) is 0 Å². The lowest BCUT2D eigenvalue weighted by Crippen LogP contribution is -2.42. The van der Waals surface area contributed by atoms with E-state index in [-0.39, 0.29) is 28.0 Å². The van der Waals surface area contributed by atoms with Crippen LogP contribution in [0, 0.1) is 11.8 Å². The van der Waals surface area contributed by atoms with Gasteiger partial charge in [0.2, 0.25) is 10.0 Å². The molecule has 180 valence electrons. The average Bonchev–Trinajstić information content (AvgIpc) is 2.72. The van der Waals surface area contributed by atoms with Gasteiger partial charge in [0.1, 0.15) is 0 Å². The summed E-state index contributed by atoms with van der Waals surface area (Å²) in [5.74, 6) is -0.271. The molecule has 1 heterocycles. The minimum Gasteiger partial charge on any atom is -0.378 e. The van der Waals surface area contributed by atoms with Gasteiger partial charge in [-0.15, -0.1) is 0 Å². The minimum absolute atomic E-state index is 0.0478. The molecule has 6 nitrogen and oxygen atoms in total. The third-order valence-corrected chi connectivity index (χ3v) is 7.51. The molecule has 3 rings (SSSR count). The summed E-state index contributed by atoms with van der Waals surface area (Å²) < 4.78 is 68.0. The second kappa shape index (κ2) is 9.34. The van der Waals surface area contributed by atoms with E-state index in [2.05, 4.69) is 5.32 Å². The summed E-state index contributed by atoms with van der Waals surface area (Å²) in [6.07, 6.45) is -3.70. The topological polar surface area (TPSA) is 69.7 Å². The quantitative estimate of drug-likeness (QED) is 0.670. The fourth-order valence-corrected chi connectivity index (χ4v) is 5.76. The van der Waals surface area contributed by atoms with Crippen LogP contribution in [0.1, 0.15) is 36.2 Å². The third-order valence-electron chi connectivity index (χ3n) is 5.66. The summed E-state index contributed by atoms with van der Waals surface area (Å²) in [5, 5.41) is 2.30. The van der Waals surface area contributed by atoms with Crippen molar-refractivity contribution in [3.05, 3.63) is 53.6 Å². The van der Waals surface area contributed by atoms with Crippen LogP contribution < -0.4 is 10.2 Å². The number of hydrogen-bond donors (Lipinski definition) is 1. The SMILES string of the molecule is CC1CC(C)CN(S(=O)(=O)c2ccc(C(=O)Nc3ccc(N(C)C)cc3C(F)(F)F)cc2)C1. The molecule has 2 unspecified atom stereocenters. The summed E-state index contributed by atoms with van der Waals surface area (Å²) in [4.78, 5) is 14.2. The first kappa shape index (κ1) is 25.0. The van der Waals surface area contributed by atoms with Crippen LogP contribution in [-0.2, 0) is 16.2 Å². The number of nitrogens with one attached hydrogen (secondary N) is 1. The van der Waals surface area contributed by atoms with Gasteiger partial charge in [0.25, 0.3) is 5.91 Å². The van der Waals surface area contributed by atoms with Gasteiger partial charge in [-0.2, -0.15) is 17.5 Å². The lowest BCUT2D eigenvalue weighted by Gasteiger charge is -2.34. The van der Waals surface area contributed by atoms with Crippen LogP contribution in [0.25, 0.3) is 0 Å². The van der Waals surface area contributed by atoms with E-state index in [9.17, 15) is 26.4 Å². The highest BCUT2D eigenvalue weighted by molar-refractivity contribution is 7.89. The van der Waals surface area contributed by atoms with E-state index in [0.29, 0.717) is 18.8 Å². The molecule has 0 bridgehead atoms. The molecule has 1 saturated heterocycles. The van der Waals surface area contributed by atoms with Crippen LogP contribution in [0.15, 0.2) is 47.4 Å². The Morgan fingerprint density at radius 2 is 1.61 bits per heavy atom. The van der Waals surface area contributed by atoms with E-state index in [1.807, 2.05) is 13.8 Å². The van der Waals surface area contributed by atoms with Gasteiger partial charge in [-0.05, 0) is 60.7 Å². The molecule has 2 atom stereocenters. The van der Waals surface area contributed by atoms with E-state index in [1.54, 1.807) is 14.1 Å². The number of carbonyl (C=O) groups is 1. The Morgan fingerprint density at radius 1 is 1.03 bits per heavy atom. The number of rotatable bonds is 5. The Hall–Kier alpha value is -2.59. The molecule has 1 amide bonds. The van der Waals surface area contributed by atoms with Crippen molar-refractivity contribution in [2.75, 3.05) is 37.4 Å². The number of hydrogen-bond acceptors (Lipinski definition) is 4. The van der Waals surface area contributed by atoms with Crippen LogP contribution >= 0.6 is 0 Å². The standard InChI is InChI=1S/C23H28F3N3O3S/c1-15-11-16(2)14-29(13-15)33(31,32)19-8-5-17(6-9-19)22(30)27-21-10-7-18(28(3)4)12-20(21)23(24,25)26/h5-10,12,15-16H,11,13-14H2,1-4H3,(H,27,30). The fourth-order valence-electron chi connectivity index (χ4n) is 4.08. The van der Waals surface area contributed by atoms with Gasteiger partial charge in [-0.3, -0.25) is 4.79 Å². The van der Waals surface area contributed by atoms with Gasteiger partial charge in [-0.25, -0.2) is 8.42 Å². The van der Waals surface area contributed by atoms with E-state index >= 15 is 0 Å². The van der Waals surface area contributed by atoms with Crippen LogP contribution in [0.2, 0.25) is 0 Å². The number of amides is 1. The van der Waals surface area contributed by atoms with Gasteiger partial charge in [0, 0.05) is 38.4 Å². The smallest absolute Gasteiger partial charge is 0.378 e. The number of benzene rings is 2. The molecule has 2 aromatic rings. The zero-order valence-electron chi connectivity index (χ0n) is 19.0. The maximum atomic E-state index is 13.5. The zero-order chi connectivity index (χ0) is 24.6. The molecule has 1 N–H and O–H groups in total. The molecular weight excluding hydrogens is 455 g/mol. The van der Waals surface area contributed by atoms with Crippen molar-refractivity contribution in [2.24, 2.45) is 11.8 Å². The average molecular weight is 484 g/mol. The molecule has 0 radical (unpaired) electrons. The summed E-state index contributed by atoms with van der Waals surface area (Å²) in [6.45, 7) is 4.87. The van der Waals surface area contributed by atoms with Crippen molar-refractivity contribution in [2.45, 2.75) is 31.3 Å². The van der Waals surface area contributed by atoms with Crippen molar-refractivity contribution < 1.29 is 26.4 Å². The van der Waals surface area contributed by atoms with Crippen molar-refractivity contribution in [1.82, 2.24) is 4.31 Å². The highest BCUT2D eigenvalue weighted by Gasteiger charge is 2.35. The van der Waals surface area contributed by atoms with Gasteiger partial charge < -0.3 is 10.2 Å². The van der Waals surface area contributed by atoms with E-state index in [0.717, 1.165) is 12.5 Å². The molecule has 1 aliphatic rings. The Labute approximate surface area is 192 Å². The Bertz CT molecular complexity index is 1110. The van der Waals surface area contributed by atoms with Crippen LogP contribution in [-0.4, -0.2) is 45.8 Å². The largest absolute Gasteiger partial charge is 0.418 e. The second-order valence-corrected chi connectivity index (χ2v) is 10.8. The second-order valence-electron chi connectivity index (χ2n) is 8.87. The fraction of sp³-hybridized carbons (Fsp3) is 0.435. The molecule has 1 fully saturated rings. The minimum atomic E-state index is -4.66. The van der Waals surface area contributed by atoms with E-state index < -0.39 is 27.7 Å². The van der Waals surface area contributed by atoms with Crippen molar-refractivity contribution >= 4 is 27.3 Å². The summed E-state index contributed by atoms with van der Waals surface area (Å²) in [5.41, 5.74) is -0.934. The zero-order valence-corrected chi connectivity index (χ0v) is 19.8. The third kappa shape index (κ3) is 5.67. The van der Waals surface area contributed by atoms with E-state index in [1.165, 1.54) is 45.6 Å². The maximum absolute atomic E-state index is 13.5. The molecule has 0 spiro atoms. The monoisotopic (exact) mass is 483 g/mol. The molecule has 33 heavy (non-hydrogen) atoms. The first-order chi connectivity index (χ1) is 15.3. The number of anilines is 2. The van der Waals surface area contributed by atoms with Gasteiger partial charge in [0.05, 0.1) is 16.1 Å². The molecule has 0 saturated carbocycles. The lowest BCUT2D eigenvalue weighted by atomic mass is 9.94.